The third kappa shape index (κ3) is 2.73. The van der Waals surface area contributed by atoms with Crippen LogP contribution in [0.25, 0.3) is 0 Å². The summed E-state index contributed by atoms with van der Waals surface area (Å²) < 4.78 is 21.1. The van der Waals surface area contributed by atoms with E-state index in [1.54, 1.807) is 36.4 Å². The van der Waals surface area contributed by atoms with Gasteiger partial charge in [0.25, 0.3) is 0 Å². The molecule has 0 aliphatic heterocycles. The SMILES string of the molecule is COc1cccc(OC)c1N([O])c1c(OC)cccc1OC. The summed E-state index contributed by atoms with van der Waals surface area (Å²) in [5.74, 6) is 1.56. The lowest BCUT2D eigenvalue weighted by atomic mass is 10.2. The van der Waals surface area contributed by atoms with Gasteiger partial charge in [-0.25, -0.2) is 0 Å². The van der Waals surface area contributed by atoms with Crippen LogP contribution in [0.1, 0.15) is 0 Å². The number of hydrogen-bond acceptors (Lipinski definition) is 5. The van der Waals surface area contributed by atoms with Gasteiger partial charge >= 0.3 is 0 Å². The van der Waals surface area contributed by atoms with Crippen LogP contribution in [0.5, 0.6) is 23.0 Å². The van der Waals surface area contributed by atoms with Crippen molar-refractivity contribution in [2.75, 3.05) is 33.5 Å². The highest BCUT2D eigenvalue weighted by molar-refractivity contribution is 5.79. The van der Waals surface area contributed by atoms with E-state index in [0.29, 0.717) is 28.1 Å². The Hall–Kier alpha value is -2.60. The van der Waals surface area contributed by atoms with Crippen LogP contribution in [-0.2, 0) is 5.21 Å². The van der Waals surface area contributed by atoms with Gasteiger partial charge in [-0.2, -0.15) is 5.06 Å². The summed E-state index contributed by atoms with van der Waals surface area (Å²) in [7, 11) is 5.97. The number of methoxy groups -OCH3 is 4. The third-order valence-electron chi connectivity index (χ3n) is 3.21. The Morgan fingerprint density at radius 2 is 0.909 bits per heavy atom. The third-order valence-corrected chi connectivity index (χ3v) is 3.21. The first-order chi connectivity index (χ1) is 10.7. The first kappa shape index (κ1) is 15.8. The van der Waals surface area contributed by atoms with E-state index >= 15 is 0 Å². The summed E-state index contributed by atoms with van der Waals surface area (Å²) in [6.07, 6.45) is 0. The predicted octanol–water partition coefficient (Wildman–Crippen LogP) is 3.20. The van der Waals surface area contributed by atoms with Crippen molar-refractivity contribution in [2.24, 2.45) is 0 Å². The number of rotatable bonds is 6. The molecule has 0 aromatic heterocycles. The van der Waals surface area contributed by atoms with Gasteiger partial charge in [-0.1, -0.05) is 17.3 Å². The Bertz CT molecular complexity index is 544. The zero-order valence-corrected chi connectivity index (χ0v) is 13.0. The van der Waals surface area contributed by atoms with Gasteiger partial charge in [0, 0.05) is 0 Å². The molecule has 0 bridgehead atoms. The van der Waals surface area contributed by atoms with Crippen molar-refractivity contribution < 1.29 is 24.2 Å². The normalized spacial score (nSPS) is 10.0. The quantitative estimate of drug-likeness (QED) is 0.767. The lowest BCUT2D eigenvalue weighted by Gasteiger charge is -2.23. The van der Waals surface area contributed by atoms with Crippen LogP contribution in [0.3, 0.4) is 0 Å². The van der Waals surface area contributed by atoms with Crippen molar-refractivity contribution in [3.05, 3.63) is 36.4 Å². The lowest BCUT2D eigenvalue weighted by Crippen LogP contribution is -2.13. The average Bonchev–Trinajstić information content (AvgIpc) is 2.59. The van der Waals surface area contributed by atoms with Crippen LogP contribution in [0, 0.1) is 0 Å². The van der Waals surface area contributed by atoms with E-state index in [1.165, 1.54) is 28.4 Å². The number of nitrogens with zero attached hydrogens (tertiary/aromatic N) is 1. The molecule has 1 radical (unpaired) electrons. The van der Waals surface area contributed by atoms with E-state index in [-0.39, 0.29) is 11.4 Å². The summed E-state index contributed by atoms with van der Waals surface area (Å²) >= 11 is 0. The van der Waals surface area contributed by atoms with Gasteiger partial charge in [0.1, 0.15) is 23.0 Å². The van der Waals surface area contributed by atoms with Crippen LogP contribution in [-0.4, -0.2) is 28.4 Å². The molecule has 2 aromatic rings. The van der Waals surface area contributed by atoms with Crippen molar-refractivity contribution >= 4 is 11.4 Å². The molecule has 2 rings (SSSR count). The molecule has 0 atom stereocenters. The molecule has 0 N–H and O–H groups in total. The van der Waals surface area contributed by atoms with Crippen LogP contribution in [0.15, 0.2) is 36.4 Å². The first-order valence-electron chi connectivity index (χ1n) is 6.57. The molecule has 0 aliphatic rings. The highest BCUT2D eigenvalue weighted by atomic mass is 16.5. The second kappa shape index (κ2) is 6.91. The minimum atomic E-state index is 0.246. The molecule has 6 nitrogen and oxygen atoms in total. The zero-order valence-electron chi connectivity index (χ0n) is 13.0. The predicted molar refractivity (Wildman–Crippen MR) is 81.9 cm³/mol. The number of benzene rings is 2. The monoisotopic (exact) mass is 304 g/mol. The van der Waals surface area contributed by atoms with Crippen LogP contribution < -0.4 is 24.0 Å². The number of anilines is 2. The van der Waals surface area contributed by atoms with Crippen molar-refractivity contribution in [3.8, 4) is 23.0 Å². The summed E-state index contributed by atoms with van der Waals surface area (Å²) in [6.45, 7) is 0. The van der Waals surface area contributed by atoms with Gasteiger partial charge in [-0.15, -0.1) is 0 Å². The van der Waals surface area contributed by atoms with E-state index < -0.39 is 0 Å². The van der Waals surface area contributed by atoms with Crippen molar-refractivity contribution in [2.45, 2.75) is 0 Å². The van der Waals surface area contributed by atoms with Crippen molar-refractivity contribution in [1.29, 1.82) is 0 Å². The molecule has 2 aromatic carbocycles. The van der Waals surface area contributed by atoms with E-state index in [9.17, 15) is 5.21 Å². The van der Waals surface area contributed by atoms with Crippen LogP contribution in [0.2, 0.25) is 0 Å². The van der Waals surface area contributed by atoms with Gasteiger partial charge in [-0.3, -0.25) is 0 Å². The second-order valence-corrected chi connectivity index (χ2v) is 4.32. The molecule has 0 saturated carbocycles. The van der Waals surface area contributed by atoms with Crippen molar-refractivity contribution in [3.63, 3.8) is 0 Å². The molecule has 0 heterocycles. The van der Waals surface area contributed by atoms with Crippen LogP contribution in [0.4, 0.5) is 11.4 Å². The number of ether oxygens (including phenoxy) is 4. The molecule has 0 fully saturated rings. The molecule has 117 valence electrons. The van der Waals surface area contributed by atoms with Gasteiger partial charge in [-0.05, 0) is 24.3 Å². The molecule has 0 spiro atoms. The molecule has 0 saturated heterocycles. The van der Waals surface area contributed by atoms with E-state index in [1.807, 2.05) is 0 Å². The van der Waals surface area contributed by atoms with Gasteiger partial charge in [0.15, 0.2) is 11.4 Å². The Morgan fingerprint density at radius 3 is 1.14 bits per heavy atom. The van der Waals surface area contributed by atoms with E-state index in [4.69, 9.17) is 18.9 Å². The average molecular weight is 304 g/mol. The number of para-hydroxylation sites is 2. The van der Waals surface area contributed by atoms with Gasteiger partial charge in [0.05, 0.1) is 28.4 Å². The molecule has 0 amide bonds. The van der Waals surface area contributed by atoms with E-state index in [2.05, 4.69) is 0 Å². The Labute approximate surface area is 129 Å². The van der Waals surface area contributed by atoms with Crippen molar-refractivity contribution in [1.82, 2.24) is 0 Å². The summed E-state index contributed by atoms with van der Waals surface area (Å²) in [4.78, 5) is 0. The summed E-state index contributed by atoms with van der Waals surface area (Å²) in [6, 6.07) is 10.2. The molecule has 6 heteroatoms. The highest BCUT2D eigenvalue weighted by Crippen LogP contribution is 2.46. The zero-order chi connectivity index (χ0) is 16.1. The molecular weight excluding hydrogens is 286 g/mol. The maximum Gasteiger partial charge on any atom is 0.157 e. The first-order valence-corrected chi connectivity index (χ1v) is 6.57. The largest absolute Gasteiger partial charge is 0.494 e. The lowest BCUT2D eigenvalue weighted by molar-refractivity contribution is 0.186. The molecule has 0 unspecified atom stereocenters. The highest BCUT2D eigenvalue weighted by Gasteiger charge is 2.25. The minimum absolute atomic E-state index is 0.246. The second-order valence-electron chi connectivity index (χ2n) is 4.32. The number of hydrogen-bond donors (Lipinski definition) is 0. The minimum Gasteiger partial charge on any atom is -0.494 e. The molecule has 0 aliphatic carbocycles. The fraction of sp³-hybridized carbons (Fsp3) is 0.250. The fourth-order valence-corrected chi connectivity index (χ4v) is 2.18. The standard InChI is InChI=1S/C16H18NO5/c1-19-11-7-5-8-12(20-2)15(11)17(18)16-13(21-3)9-6-10-14(16)22-4/h5-10H,1-4H3. The Balaban J connectivity index is 2.65. The van der Waals surface area contributed by atoms with E-state index in [0.717, 1.165) is 0 Å². The van der Waals surface area contributed by atoms with Gasteiger partial charge in [0.2, 0.25) is 0 Å². The maximum atomic E-state index is 13.0. The Morgan fingerprint density at radius 1 is 0.636 bits per heavy atom. The maximum absolute atomic E-state index is 13.0. The topological polar surface area (TPSA) is 60.1 Å². The summed E-state index contributed by atoms with van der Waals surface area (Å²) in [5, 5.41) is 13.7. The van der Waals surface area contributed by atoms with Crippen LogP contribution >= 0.6 is 0 Å². The smallest absolute Gasteiger partial charge is 0.157 e. The fourth-order valence-electron chi connectivity index (χ4n) is 2.18. The molecular formula is C16H18NO5. The Kier molecular flexibility index (Phi) is 4.95. The van der Waals surface area contributed by atoms with Gasteiger partial charge < -0.3 is 18.9 Å². The molecule has 22 heavy (non-hydrogen) atoms. The summed E-state index contributed by atoms with van der Waals surface area (Å²) in [5.41, 5.74) is 0.491.